The van der Waals surface area contributed by atoms with E-state index >= 15 is 0 Å². The highest BCUT2D eigenvalue weighted by Gasteiger charge is 2.28. The predicted octanol–water partition coefficient (Wildman–Crippen LogP) is 8.95. The van der Waals surface area contributed by atoms with Crippen LogP contribution in [0.15, 0.2) is 12.1 Å². The quantitative estimate of drug-likeness (QED) is 0.0874. The maximum absolute atomic E-state index is 12.6. The Balaban J connectivity index is 1.68. The summed E-state index contributed by atoms with van der Waals surface area (Å²) >= 11 is 0. The molecule has 8 nitrogen and oxygen atoms in total. The smallest absolute Gasteiger partial charge is 0.310 e. The van der Waals surface area contributed by atoms with E-state index in [-0.39, 0.29) is 73.5 Å². The molecule has 0 fully saturated rings. The van der Waals surface area contributed by atoms with Crippen LogP contribution in [0, 0.1) is 27.7 Å². The molecule has 282 valence electrons. The monoisotopic (exact) mass is 698 g/mol. The molecule has 0 radical (unpaired) electrons. The molecule has 0 aliphatic heterocycles. The molecule has 0 atom stereocenters. The highest BCUT2D eigenvalue weighted by atomic mass is 16.6. The number of carbonyl (C=O) groups is 2. The zero-order valence-corrected chi connectivity index (χ0v) is 32.8. The Morgan fingerprint density at radius 3 is 1.26 bits per heavy atom. The number of ether oxygens (including phenoxy) is 4. The van der Waals surface area contributed by atoms with Crippen LogP contribution < -0.4 is 0 Å². The van der Waals surface area contributed by atoms with E-state index < -0.39 is 0 Å². The fourth-order valence-electron chi connectivity index (χ4n) is 6.65. The number of phenolic OH excluding ortho intramolecular Hbond substituents is 2. The third-order valence-corrected chi connectivity index (χ3v) is 10.1. The highest BCUT2D eigenvalue weighted by molar-refractivity contribution is 5.75. The lowest BCUT2D eigenvalue weighted by Crippen LogP contribution is -2.20. The van der Waals surface area contributed by atoms with E-state index in [0.717, 1.165) is 83.0 Å². The van der Waals surface area contributed by atoms with E-state index in [9.17, 15) is 19.8 Å². The number of carbonyl (C=O) groups excluding carboxylic acids is 2. The second kappa shape index (κ2) is 20.7. The van der Waals surface area contributed by atoms with Gasteiger partial charge in [0.1, 0.15) is 24.7 Å². The Labute approximate surface area is 302 Å². The summed E-state index contributed by atoms with van der Waals surface area (Å²) in [6.45, 7) is 22.0. The first-order valence-electron chi connectivity index (χ1n) is 18.7. The molecule has 0 saturated carbocycles. The van der Waals surface area contributed by atoms with Crippen molar-refractivity contribution in [1.82, 2.24) is 0 Å². The van der Waals surface area contributed by atoms with Crippen LogP contribution in [-0.4, -0.2) is 61.8 Å². The van der Waals surface area contributed by atoms with E-state index in [0.29, 0.717) is 13.2 Å². The van der Waals surface area contributed by atoms with E-state index in [2.05, 4.69) is 41.5 Å². The van der Waals surface area contributed by atoms with Crippen LogP contribution in [0.1, 0.15) is 137 Å². The van der Waals surface area contributed by atoms with Crippen LogP contribution in [0.2, 0.25) is 0 Å². The third-order valence-electron chi connectivity index (χ3n) is 10.1. The van der Waals surface area contributed by atoms with Crippen molar-refractivity contribution in [3.05, 3.63) is 56.6 Å². The first kappa shape index (κ1) is 43.1. The second-order valence-corrected chi connectivity index (χ2v) is 15.1. The summed E-state index contributed by atoms with van der Waals surface area (Å²) < 4.78 is 21.8. The molecule has 0 spiro atoms. The maximum Gasteiger partial charge on any atom is 0.310 e. The molecule has 2 aromatic carbocycles. The standard InChI is InChI=1S/C42H66O8/c1-11-13-15-17-41(7,8)35-25-29(3)33(31(5)39(35)45)27-37(43)49-23-21-47-19-20-48-22-24-50-38(44)28-34-30(4)26-36(40(46)32(34)6)42(9,10)18-16-14-12-2/h25-26,45-46H,11-24,27-28H2,1-10H3. The molecule has 2 aromatic rings. The summed E-state index contributed by atoms with van der Waals surface area (Å²) in [6.07, 6.45) is 9.03. The molecule has 50 heavy (non-hydrogen) atoms. The second-order valence-electron chi connectivity index (χ2n) is 15.1. The first-order chi connectivity index (χ1) is 23.6. The SMILES string of the molecule is CCCCCC(C)(C)c1cc(C)c(CC(=O)OCCOCCOCCOC(=O)Cc2c(C)cc(C(C)(C)CCCCC)c(O)c2C)c(C)c1O. The number of unbranched alkanes of at least 4 members (excludes halogenated alkanes) is 4. The van der Waals surface area contributed by atoms with Crippen LogP contribution in [0.5, 0.6) is 11.5 Å². The molecule has 0 aliphatic rings. The first-order valence-corrected chi connectivity index (χ1v) is 18.7. The van der Waals surface area contributed by atoms with Gasteiger partial charge in [-0.15, -0.1) is 0 Å². The van der Waals surface area contributed by atoms with Crippen LogP contribution in [0.4, 0.5) is 0 Å². The number of hydrogen-bond donors (Lipinski definition) is 2. The summed E-state index contributed by atoms with van der Waals surface area (Å²) in [6, 6.07) is 4.03. The van der Waals surface area contributed by atoms with Crippen molar-refractivity contribution in [1.29, 1.82) is 0 Å². The van der Waals surface area contributed by atoms with Gasteiger partial charge in [0, 0.05) is 11.1 Å². The number of aryl methyl sites for hydroxylation is 2. The molecular formula is C42H66O8. The number of benzene rings is 2. The van der Waals surface area contributed by atoms with Gasteiger partial charge in [-0.1, -0.05) is 92.2 Å². The van der Waals surface area contributed by atoms with Gasteiger partial charge in [-0.25, -0.2) is 0 Å². The lowest BCUT2D eigenvalue weighted by molar-refractivity contribution is -0.146. The number of esters is 2. The molecule has 2 N–H and O–H groups in total. The van der Waals surface area contributed by atoms with Crippen LogP contribution in [0.25, 0.3) is 0 Å². The number of hydrogen-bond acceptors (Lipinski definition) is 8. The Hall–Kier alpha value is -3.10. The van der Waals surface area contributed by atoms with Crippen LogP contribution >= 0.6 is 0 Å². The number of rotatable bonds is 23. The Kier molecular flexibility index (Phi) is 17.8. The minimum atomic E-state index is -0.366. The Morgan fingerprint density at radius 2 is 0.920 bits per heavy atom. The summed E-state index contributed by atoms with van der Waals surface area (Å²) in [4.78, 5) is 25.2. The van der Waals surface area contributed by atoms with Gasteiger partial charge in [0.25, 0.3) is 0 Å². The summed E-state index contributed by atoms with van der Waals surface area (Å²) in [5, 5.41) is 22.0. The molecule has 0 aromatic heterocycles. The highest BCUT2D eigenvalue weighted by Crippen LogP contribution is 2.41. The molecule has 0 bridgehead atoms. The van der Waals surface area contributed by atoms with Crippen molar-refractivity contribution in [2.45, 2.75) is 144 Å². The fraction of sp³-hybridized carbons (Fsp3) is 0.667. The minimum Gasteiger partial charge on any atom is -0.507 e. The van der Waals surface area contributed by atoms with Gasteiger partial charge in [-0.2, -0.15) is 0 Å². The lowest BCUT2D eigenvalue weighted by Gasteiger charge is -2.28. The normalized spacial score (nSPS) is 12.0. The number of aromatic hydroxyl groups is 2. The number of phenols is 2. The van der Waals surface area contributed by atoms with Crippen molar-refractivity contribution in [2.75, 3.05) is 39.6 Å². The van der Waals surface area contributed by atoms with Gasteiger partial charge in [-0.05, 0) is 84.7 Å². The fourth-order valence-corrected chi connectivity index (χ4v) is 6.65. The molecule has 0 amide bonds. The molecule has 2 rings (SSSR count). The van der Waals surface area contributed by atoms with Gasteiger partial charge >= 0.3 is 11.9 Å². The molecular weight excluding hydrogens is 632 g/mol. The average molecular weight is 699 g/mol. The van der Waals surface area contributed by atoms with E-state index in [1.165, 1.54) is 12.8 Å². The Bertz CT molecular complexity index is 1290. The summed E-state index contributed by atoms with van der Waals surface area (Å²) in [5.41, 5.74) is 6.58. The van der Waals surface area contributed by atoms with Gasteiger partial charge in [0.15, 0.2) is 0 Å². The average Bonchev–Trinajstić information content (AvgIpc) is 3.05. The van der Waals surface area contributed by atoms with Crippen molar-refractivity contribution >= 4 is 11.9 Å². The van der Waals surface area contributed by atoms with Crippen LogP contribution in [0.3, 0.4) is 0 Å². The molecule has 0 unspecified atom stereocenters. The lowest BCUT2D eigenvalue weighted by atomic mass is 9.77. The predicted molar refractivity (Wildman–Crippen MR) is 200 cm³/mol. The largest absolute Gasteiger partial charge is 0.507 e. The molecule has 8 heteroatoms. The van der Waals surface area contributed by atoms with E-state index in [4.69, 9.17) is 18.9 Å². The van der Waals surface area contributed by atoms with Crippen molar-refractivity contribution in [2.24, 2.45) is 0 Å². The van der Waals surface area contributed by atoms with E-state index in [1.807, 2.05) is 39.8 Å². The van der Waals surface area contributed by atoms with Gasteiger partial charge in [0.2, 0.25) is 0 Å². The van der Waals surface area contributed by atoms with E-state index in [1.54, 1.807) is 0 Å². The summed E-state index contributed by atoms with van der Waals surface area (Å²) in [7, 11) is 0. The van der Waals surface area contributed by atoms with Gasteiger partial charge in [-0.3, -0.25) is 9.59 Å². The zero-order chi connectivity index (χ0) is 37.5. The van der Waals surface area contributed by atoms with Crippen molar-refractivity contribution < 1.29 is 38.7 Å². The molecule has 0 aliphatic carbocycles. The van der Waals surface area contributed by atoms with Crippen molar-refractivity contribution in [3.8, 4) is 11.5 Å². The third kappa shape index (κ3) is 12.9. The maximum atomic E-state index is 12.6. The topological polar surface area (TPSA) is 112 Å². The molecule has 0 heterocycles. The van der Waals surface area contributed by atoms with Crippen molar-refractivity contribution in [3.63, 3.8) is 0 Å². The van der Waals surface area contributed by atoms with Gasteiger partial charge in [0.05, 0.1) is 39.3 Å². The summed E-state index contributed by atoms with van der Waals surface area (Å²) in [5.74, 6) is -0.193. The molecule has 0 saturated heterocycles. The minimum absolute atomic E-state index is 0.0898. The van der Waals surface area contributed by atoms with Gasteiger partial charge < -0.3 is 29.2 Å². The Morgan fingerprint density at radius 1 is 0.580 bits per heavy atom. The van der Waals surface area contributed by atoms with Crippen LogP contribution in [-0.2, 0) is 52.2 Å². The zero-order valence-electron chi connectivity index (χ0n) is 32.8.